The number of aromatic nitrogens is 1. The van der Waals surface area contributed by atoms with Crippen molar-refractivity contribution in [3.05, 3.63) is 65.6 Å². The van der Waals surface area contributed by atoms with E-state index in [1.54, 1.807) is 12.1 Å². The number of para-hydroxylation sites is 1. The molecule has 1 aromatic heterocycles. The summed E-state index contributed by atoms with van der Waals surface area (Å²) in [4.78, 5) is 11.2. The summed E-state index contributed by atoms with van der Waals surface area (Å²) < 4.78 is 40.4. The van der Waals surface area contributed by atoms with Crippen LogP contribution in [0.15, 0.2) is 53.6 Å². The quantitative estimate of drug-likeness (QED) is 0.697. The lowest BCUT2D eigenvalue weighted by atomic mass is 10.2. The Hall–Kier alpha value is -2.47. The van der Waals surface area contributed by atoms with Gasteiger partial charge >= 0.3 is 0 Å². The molecule has 1 heterocycles. The zero-order valence-electron chi connectivity index (χ0n) is 11.7. The van der Waals surface area contributed by atoms with Gasteiger partial charge in [-0.05, 0) is 25.1 Å². The van der Waals surface area contributed by atoms with Crippen molar-refractivity contribution in [2.24, 2.45) is 0 Å². The summed E-state index contributed by atoms with van der Waals surface area (Å²) in [7, 11) is -3.98. The Kier molecular flexibility index (Phi) is 3.33. The van der Waals surface area contributed by atoms with Crippen LogP contribution in [-0.2, 0) is 10.0 Å². The maximum atomic E-state index is 14.1. The van der Waals surface area contributed by atoms with Crippen molar-refractivity contribution in [3.63, 3.8) is 0 Å². The zero-order chi connectivity index (χ0) is 15.9. The monoisotopic (exact) mass is 317 g/mol. The van der Waals surface area contributed by atoms with Crippen LogP contribution in [0, 0.1) is 12.7 Å². The number of halogens is 1. The summed E-state index contributed by atoms with van der Waals surface area (Å²) >= 11 is 0. The topological polar surface area (TPSA) is 56.1 Å². The van der Waals surface area contributed by atoms with Crippen molar-refractivity contribution >= 4 is 27.2 Å². The predicted octanol–water partition coefficient (Wildman–Crippen LogP) is 3.14. The number of hydrogen-bond donors (Lipinski definition) is 0. The second-order valence-electron chi connectivity index (χ2n) is 4.95. The highest BCUT2D eigenvalue weighted by Gasteiger charge is 2.23. The first-order chi connectivity index (χ1) is 10.4. The van der Waals surface area contributed by atoms with Crippen molar-refractivity contribution in [1.29, 1.82) is 0 Å². The summed E-state index contributed by atoms with van der Waals surface area (Å²) in [6.45, 7) is 1.84. The van der Waals surface area contributed by atoms with E-state index in [-0.39, 0.29) is 21.4 Å². The van der Waals surface area contributed by atoms with Gasteiger partial charge in [0.1, 0.15) is 11.3 Å². The van der Waals surface area contributed by atoms with Gasteiger partial charge in [0.25, 0.3) is 10.0 Å². The van der Waals surface area contributed by atoms with Crippen LogP contribution in [-0.4, -0.2) is 18.7 Å². The number of benzene rings is 2. The molecule has 0 aliphatic heterocycles. The van der Waals surface area contributed by atoms with E-state index in [4.69, 9.17) is 0 Å². The van der Waals surface area contributed by atoms with E-state index in [1.165, 1.54) is 24.3 Å². The number of hydrogen-bond acceptors (Lipinski definition) is 3. The minimum atomic E-state index is -3.98. The fourth-order valence-electron chi connectivity index (χ4n) is 2.34. The maximum absolute atomic E-state index is 14.1. The minimum Gasteiger partial charge on any atom is -0.298 e. The van der Waals surface area contributed by atoms with Gasteiger partial charge in [-0.15, -0.1) is 0 Å². The Balaban J connectivity index is 2.34. The highest BCUT2D eigenvalue weighted by atomic mass is 32.2. The molecule has 2 aromatic carbocycles. The third-order valence-electron chi connectivity index (χ3n) is 3.48. The second-order valence-corrected chi connectivity index (χ2v) is 6.77. The van der Waals surface area contributed by atoms with Gasteiger partial charge in [0, 0.05) is 17.1 Å². The van der Waals surface area contributed by atoms with Crippen molar-refractivity contribution < 1.29 is 17.6 Å². The highest BCUT2D eigenvalue weighted by Crippen LogP contribution is 2.27. The number of rotatable bonds is 3. The van der Waals surface area contributed by atoms with Gasteiger partial charge in [0.05, 0.1) is 4.90 Å². The van der Waals surface area contributed by atoms with Gasteiger partial charge in [-0.3, -0.25) is 4.79 Å². The van der Waals surface area contributed by atoms with Crippen LogP contribution in [0.5, 0.6) is 0 Å². The lowest BCUT2D eigenvalue weighted by molar-refractivity contribution is 0.112. The molecule has 6 heteroatoms. The Morgan fingerprint density at radius 1 is 1.09 bits per heavy atom. The Bertz CT molecular complexity index is 973. The Labute approximate surface area is 126 Å². The molecule has 3 aromatic rings. The average molecular weight is 317 g/mol. The van der Waals surface area contributed by atoms with Crippen LogP contribution in [0.2, 0.25) is 0 Å². The van der Waals surface area contributed by atoms with Gasteiger partial charge < -0.3 is 0 Å². The molecule has 0 saturated carbocycles. The van der Waals surface area contributed by atoms with Crippen LogP contribution in [0.3, 0.4) is 0 Å². The van der Waals surface area contributed by atoms with Crippen molar-refractivity contribution in [2.45, 2.75) is 11.8 Å². The number of carbonyl (C=O) groups excluding carboxylic acids is 1. The van der Waals surface area contributed by atoms with Crippen LogP contribution in [0.1, 0.15) is 15.9 Å². The molecule has 0 N–H and O–H groups in total. The van der Waals surface area contributed by atoms with Gasteiger partial charge in [-0.25, -0.2) is 16.8 Å². The van der Waals surface area contributed by atoms with E-state index in [0.29, 0.717) is 6.29 Å². The third kappa shape index (κ3) is 2.12. The fraction of sp³-hybridized carbons (Fsp3) is 0.0625. The largest absolute Gasteiger partial charge is 0.298 e. The molecule has 4 nitrogen and oxygen atoms in total. The highest BCUT2D eigenvalue weighted by molar-refractivity contribution is 7.90. The smallest absolute Gasteiger partial charge is 0.268 e. The number of fused-ring (bicyclic) bond motifs is 1. The number of aldehydes is 1. The van der Waals surface area contributed by atoms with E-state index >= 15 is 0 Å². The molecule has 0 aliphatic carbocycles. The molecular weight excluding hydrogens is 305 g/mol. The molecule has 3 rings (SSSR count). The fourth-order valence-corrected chi connectivity index (χ4v) is 3.73. The van der Waals surface area contributed by atoms with Crippen molar-refractivity contribution in [3.8, 4) is 0 Å². The van der Waals surface area contributed by atoms with Crippen molar-refractivity contribution in [2.75, 3.05) is 0 Å². The molecule has 0 amide bonds. The summed E-state index contributed by atoms with van der Waals surface area (Å²) in [6, 6.07) is 10.4. The van der Waals surface area contributed by atoms with Gasteiger partial charge in [-0.1, -0.05) is 29.8 Å². The predicted molar refractivity (Wildman–Crippen MR) is 81.0 cm³/mol. The summed E-state index contributed by atoms with van der Waals surface area (Å²) in [6.07, 6.45) is 1.67. The Morgan fingerprint density at radius 2 is 1.77 bits per heavy atom. The lowest BCUT2D eigenvalue weighted by Gasteiger charge is -2.08. The molecule has 0 radical (unpaired) electrons. The van der Waals surface area contributed by atoms with Crippen LogP contribution in [0.4, 0.5) is 4.39 Å². The molecule has 0 atom stereocenters. The summed E-state index contributed by atoms with van der Waals surface area (Å²) in [5.74, 6) is -0.693. The Morgan fingerprint density at radius 3 is 2.41 bits per heavy atom. The van der Waals surface area contributed by atoms with Crippen LogP contribution < -0.4 is 0 Å². The second kappa shape index (κ2) is 5.06. The number of aryl methyl sites for hydroxylation is 1. The first kappa shape index (κ1) is 14.5. The molecule has 112 valence electrons. The first-order valence-electron chi connectivity index (χ1n) is 6.52. The van der Waals surface area contributed by atoms with Gasteiger partial charge in [0.15, 0.2) is 6.29 Å². The van der Waals surface area contributed by atoms with Crippen LogP contribution >= 0.6 is 0 Å². The first-order valence-corrected chi connectivity index (χ1v) is 7.96. The number of nitrogens with zero attached hydrogens (tertiary/aromatic N) is 1. The van der Waals surface area contributed by atoms with Gasteiger partial charge in [-0.2, -0.15) is 0 Å². The SMILES string of the molecule is Cc1ccc(S(=O)(=O)n2cc(C=O)c3cccc(F)c32)cc1. The molecule has 0 spiro atoms. The van der Waals surface area contributed by atoms with E-state index in [9.17, 15) is 17.6 Å². The molecule has 0 unspecified atom stereocenters. The van der Waals surface area contributed by atoms with E-state index < -0.39 is 15.8 Å². The summed E-state index contributed by atoms with van der Waals surface area (Å²) in [5.41, 5.74) is 0.923. The standard InChI is InChI=1S/C16H12FNO3S/c1-11-5-7-13(8-6-11)22(20,21)18-9-12(10-19)14-3-2-4-15(17)16(14)18/h2-10H,1H3. The summed E-state index contributed by atoms with van der Waals surface area (Å²) in [5, 5.41) is 0.269. The molecule has 22 heavy (non-hydrogen) atoms. The molecule has 0 aliphatic rings. The van der Waals surface area contributed by atoms with Crippen molar-refractivity contribution in [1.82, 2.24) is 3.97 Å². The van der Waals surface area contributed by atoms with E-state index in [0.717, 1.165) is 21.8 Å². The number of carbonyl (C=O) groups is 1. The normalized spacial score (nSPS) is 11.7. The van der Waals surface area contributed by atoms with E-state index in [1.807, 2.05) is 6.92 Å². The average Bonchev–Trinajstić information content (AvgIpc) is 2.88. The minimum absolute atomic E-state index is 0.0377. The third-order valence-corrected chi connectivity index (χ3v) is 5.15. The zero-order valence-corrected chi connectivity index (χ0v) is 12.5. The van der Waals surface area contributed by atoms with Gasteiger partial charge in [0.2, 0.25) is 0 Å². The van der Waals surface area contributed by atoms with Crippen LogP contribution in [0.25, 0.3) is 10.9 Å². The molecule has 0 saturated heterocycles. The molecular formula is C16H12FNO3S. The lowest BCUT2D eigenvalue weighted by Crippen LogP contribution is -2.12. The molecule has 0 bridgehead atoms. The van der Waals surface area contributed by atoms with E-state index in [2.05, 4.69) is 0 Å². The maximum Gasteiger partial charge on any atom is 0.268 e. The molecule has 0 fully saturated rings.